The van der Waals surface area contributed by atoms with Gasteiger partial charge >= 0.3 is 0 Å². The summed E-state index contributed by atoms with van der Waals surface area (Å²) < 4.78 is 0. The average molecular weight is 229 g/mol. The number of rotatable bonds is 3. The summed E-state index contributed by atoms with van der Waals surface area (Å²) in [7, 11) is 0. The summed E-state index contributed by atoms with van der Waals surface area (Å²) in [6.45, 7) is 2.30. The molecule has 0 unspecified atom stereocenters. The molecule has 0 spiro atoms. The molecular formula is C14H19N3. The predicted molar refractivity (Wildman–Crippen MR) is 65.4 cm³/mol. The third-order valence-electron chi connectivity index (χ3n) is 4.52. The molecule has 2 heterocycles. The fourth-order valence-electron chi connectivity index (χ4n) is 3.40. The van der Waals surface area contributed by atoms with Crippen LogP contribution in [0.5, 0.6) is 0 Å². The molecule has 0 bridgehead atoms. The van der Waals surface area contributed by atoms with E-state index in [1.54, 1.807) is 6.33 Å². The molecule has 1 aromatic heterocycles. The summed E-state index contributed by atoms with van der Waals surface area (Å²) >= 11 is 0. The first-order valence-electron chi connectivity index (χ1n) is 6.93. The molecule has 4 rings (SSSR count). The Bertz CT molecular complexity index is 411. The SMILES string of the molecule is c1ncc2c(n1)CCN(C(C1CC1)C1CC1)C2. The van der Waals surface area contributed by atoms with Crippen molar-refractivity contribution in [3.63, 3.8) is 0 Å². The van der Waals surface area contributed by atoms with Gasteiger partial charge in [-0.3, -0.25) is 4.90 Å². The Morgan fingerprint density at radius 1 is 1.18 bits per heavy atom. The molecule has 2 aliphatic carbocycles. The van der Waals surface area contributed by atoms with Crippen molar-refractivity contribution in [2.45, 2.75) is 44.7 Å². The lowest BCUT2D eigenvalue weighted by Crippen LogP contribution is -2.42. The van der Waals surface area contributed by atoms with Crippen molar-refractivity contribution >= 4 is 0 Å². The third kappa shape index (κ3) is 1.86. The van der Waals surface area contributed by atoms with E-state index >= 15 is 0 Å². The second kappa shape index (κ2) is 3.77. The first-order valence-corrected chi connectivity index (χ1v) is 6.93. The number of hydrogen-bond donors (Lipinski definition) is 0. The van der Waals surface area contributed by atoms with Crippen LogP contribution in [-0.4, -0.2) is 27.5 Å². The summed E-state index contributed by atoms with van der Waals surface area (Å²) in [5, 5.41) is 0. The van der Waals surface area contributed by atoms with Crippen LogP contribution < -0.4 is 0 Å². The smallest absolute Gasteiger partial charge is 0.115 e. The maximum absolute atomic E-state index is 4.40. The lowest BCUT2D eigenvalue weighted by molar-refractivity contribution is 0.139. The van der Waals surface area contributed by atoms with Gasteiger partial charge in [-0.05, 0) is 37.5 Å². The standard InChI is InChI=1S/C14H19N3/c1-2-10(1)14(11-3-4-11)17-6-5-13-12(8-17)7-15-9-16-13/h7,9-11,14H,1-6,8H2. The normalized spacial score (nSPS) is 25.0. The Morgan fingerprint density at radius 2 is 1.94 bits per heavy atom. The van der Waals surface area contributed by atoms with Gasteiger partial charge < -0.3 is 0 Å². The summed E-state index contributed by atoms with van der Waals surface area (Å²) in [4.78, 5) is 11.3. The minimum Gasteiger partial charge on any atom is -0.295 e. The third-order valence-corrected chi connectivity index (χ3v) is 4.52. The van der Waals surface area contributed by atoms with Gasteiger partial charge in [0.25, 0.3) is 0 Å². The largest absolute Gasteiger partial charge is 0.295 e. The molecule has 0 atom stereocenters. The number of fused-ring (bicyclic) bond motifs is 1. The van der Waals surface area contributed by atoms with E-state index in [0.717, 1.165) is 30.8 Å². The molecule has 1 aliphatic heterocycles. The number of nitrogens with zero attached hydrogens (tertiary/aromatic N) is 3. The van der Waals surface area contributed by atoms with Crippen molar-refractivity contribution in [1.82, 2.24) is 14.9 Å². The first kappa shape index (κ1) is 10.0. The topological polar surface area (TPSA) is 29.0 Å². The molecule has 3 aliphatic rings. The molecule has 17 heavy (non-hydrogen) atoms. The second-order valence-corrected chi connectivity index (χ2v) is 5.88. The Labute approximate surface area is 102 Å². The van der Waals surface area contributed by atoms with Gasteiger partial charge in [-0.15, -0.1) is 0 Å². The molecule has 2 saturated carbocycles. The van der Waals surface area contributed by atoms with E-state index in [9.17, 15) is 0 Å². The fourth-order valence-corrected chi connectivity index (χ4v) is 3.40. The summed E-state index contributed by atoms with van der Waals surface area (Å²) in [5.74, 6) is 2.02. The van der Waals surface area contributed by atoms with Crippen LogP contribution in [0.1, 0.15) is 36.9 Å². The zero-order valence-electron chi connectivity index (χ0n) is 10.2. The van der Waals surface area contributed by atoms with Crippen LogP contribution in [-0.2, 0) is 13.0 Å². The first-order chi connectivity index (χ1) is 8.42. The molecule has 0 saturated heterocycles. The highest BCUT2D eigenvalue weighted by atomic mass is 15.2. The van der Waals surface area contributed by atoms with Gasteiger partial charge in [0, 0.05) is 43.0 Å². The van der Waals surface area contributed by atoms with Crippen molar-refractivity contribution in [2.75, 3.05) is 6.54 Å². The van der Waals surface area contributed by atoms with E-state index in [-0.39, 0.29) is 0 Å². The van der Waals surface area contributed by atoms with Gasteiger partial charge in [0.2, 0.25) is 0 Å². The van der Waals surface area contributed by atoms with Gasteiger partial charge in [-0.25, -0.2) is 9.97 Å². The highest BCUT2D eigenvalue weighted by Gasteiger charge is 2.45. The highest BCUT2D eigenvalue weighted by molar-refractivity contribution is 5.19. The molecule has 2 fully saturated rings. The Hall–Kier alpha value is -0.960. The van der Waals surface area contributed by atoms with Crippen LogP contribution >= 0.6 is 0 Å². The Morgan fingerprint density at radius 3 is 2.65 bits per heavy atom. The highest BCUT2D eigenvalue weighted by Crippen LogP contribution is 2.47. The molecule has 90 valence electrons. The lowest BCUT2D eigenvalue weighted by atomic mass is 10.00. The van der Waals surface area contributed by atoms with Crippen LogP contribution in [0, 0.1) is 11.8 Å². The van der Waals surface area contributed by atoms with E-state index in [4.69, 9.17) is 0 Å². The van der Waals surface area contributed by atoms with Crippen LogP contribution in [0.15, 0.2) is 12.5 Å². The van der Waals surface area contributed by atoms with Crippen LogP contribution in [0.2, 0.25) is 0 Å². The molecule has 3 heteroatoms. The Balaban J connectivity index is 1.56. The van der Waals surface area contributed by atoms with Crippen molar-refractivity contribution < 1.29 is 0 Å². The van der Waals surface area contributed by atoms with E-state index in [1.165, 1.54) is 43.5 Å². The molecule has 1 aromatic rings. The second-order valence-electron chi connectivity index (χ2n) is 5.88. The maximum Gasteiger partial charge on any atom is 0.115 e. The minimum absolute atomic E-state index is 0.878. The van der Waals surface area contributed by atoms with Crippen LogP contribution in [0.25, 0.3) is 0 Å². The zero-order valence-corrected chi connectivity index (χ0v) is 10.2. The van der Waals surface area contributed by atoms with Crippen LogP contribution in [0.4, 0.5) is 0 Å². The quantitative estimate of drug-likeness (QED) is 0.794. The van der Waals surface area contributed by atoms with Gasteiger partial charge in [-0.2, -0.15) is 0 Å². The maximum atomic E-state index is 4.40. The summed E-state index contributed by atoms with van der Waals surface area (Å²) in [6.07, 6.45) is 10.7. The number of hydrogen-bond acceptors (Lipinski definition) is 3. The lowest BCUT2D eigenvalue weighted by Gasteiger charge is -2.35. The van der Waals surface area contributed by atoms with Crippen LogP contribution in [0.3, 0.4) is 0 Å². The Kier molecular flexibility index (Phi) is 2.22. The molecule has 3 nitrogen and oxygen atoms in total. The van der Waals surface area contributed by atoms with E-state index in [2.05, 4.69) is 14.9 Å². The predicted octanol–water partition coefficient (Wildman–Crippen LogP) is 2.02. The van der Waals surface area contributed by atoms with Crippen molar-refractivity contribution in [1.29, 1.82) is 0 Å². The monoisotopic (exact) mass is 229 g/mol. The number of aromatic nitrogens is 2. The molecule has 0 radical (unpaired) electrons. The molecule has 0 amide bonds. The molecule has 0 N–H and O–H groups in total. The van der Waals surface area contributed by atoms with E-state index < -0.39 is 0 Å². The fraction of sp³-hybridized carbons (Fsp3) is 0.714. The molecular weight excluding hydrogens is 210 g/mol. The van der Waals surface area contributed by atoms with Gasteiger partial charge in [0.15, 0.2) is 0 Å². The van der Waals surface area contributed by atoms with Gasteiger partial charge in [0.05, 0.1) is 0 Å². The summed E-state index contributed by atoms with van der Waals surface area (Å²) in [5.41, 5.74) is 2.65. The molecule has 0 aromatic carbocycles. The van der Waals surface area contributed by atoms with Gasteiger partial charge in [0.1, 0.15) is 6.33 Å². The average Bonchev–Trinajstić information content (AvgIpc) is 3.23. The minimum atomic E-state index is 0.878. The summed E-state index contributed by atoms with van der Waals surface area (Å²) in [6, 6.07) is 0.878. The van der Waals surface area contributed by atoms with Crippen molar-refractivity contribution in [3.05, 3.63) is 23.8 Å². The van der Waals surface area contributed by atoms with E-state index in [1.807, 2.05) is 6.20 Å². The van der Waals surface area contributed by atoms with E-state index in [0.29, 0.717) is 0 Å². The van der Waals surface area contributed by atoms with Crippen molar-refractivity contribution in [2.24, 2.45) is 11.8 Å². The zero-order chi connectivity index (χ0) is 11.2. The van der Waals surface area contributed by atoms with Gasteiger partial charge in [-0.1, -0.05) is 0 Å². The van der Waals surface area contributed by atoms with Crippen molar-refractivity contribution in [3.8, 4) is 0 Å².